The number of nitrogens with one attached hydrogen (secondary N) is 2. The van der Waals surface area contributed by atoms with E-state index in [1.54, 1.807) is 0 Å². The number of aliphatic hydroxyl groups excluding tert-OH is 1. The molecule has 36 heavy (non-hydrogen) atoms. The summed E-state index contributed by atoms with van der Waals surface area (Å²) in [6.45, 7) is 6.25. The van der Waals surface area contributed by atoms with Gasteiger partial charge in [0.1, 0.15) is 11.6 Å². The molecule has 2 amide bonds. The third-order valence-electron chi connectivity index (χ3n) is 9.64. The molecule has 0 spiro atoms. The van der Waals surface area contributed by atoms with E-state index in [0.717, 1.165) is 57.4 Å². The summed E-state index contributed by atoms with van der Waals surface area (Å²) in [5.74, 6) is -1.84. The molecule has 3 aliphatic rings. The summed E-state index contributed by atoms with van der Waals surface area (Å²) in [6.07, 6.45) is 8.28. The summed E-state index contributed by atoms with van der Waals surface area (Å²) in [6, 6.07) is 3.26. The maximum atomic E-state index is 13.5. The van der Waals surface area contributed by atoms with E-state index in [0.29, 0.717) is 5.56 Å². The Morgan fingerprint density at radius 2 is 1.69 bits per heavy atom. The predicted molar refractivity (Wildman–Crippen MR) is 135 cm³/mol. The number of carbonyl (C=O) groups excluding carboxylic acids is 2. The highest BCUT2D eigenvalue weighted by molar-refractivity contribution is 5.79. The van der Waals surface area contributed by atoms with Crippen LogP contribution < -0.4 is 10.6 Å². The molecule has 3 aliphatic carbocycles. The first-order valence-electron chi connectivity index (χ1n) is 13.8. The van der Waals surface area contributed by atoms with Crippen LogP contribution in [0, 0.1) is 46.6 Å². The Balaban J connectivity index is 1.39. The molecule has 4 rings (SSSR count). The fourth-order valence-corrected chi connectivity index (χ4v) is 7.42. The highest BCUT2D eigenvalue weighted by Gasteiger charge is 2.54. The largest absolute Gasteiger partial charge is 0.392 e. The zero-order valence-corrected chi connectivity index (χ0v) is 21.9. The van der Waals surface area contributed by atoms with Crippen molar-refractivity contribution in [2.45, 2.75) is 97.2 Å². The van der Waals surface area contributed by atoms with Gasteiger partial charge in [-0.05, 0) is 79.4 Å². The molecular formula is C29H42F2N2O3. The normalized spacial score (nSPS) is 33.9. The number of benzene rings is 1. The van der Waals surface area contributed by atoms with Crippen LogP contribution in [-0.4, -0.2) is 29.1 Å². The second kappa shape index (κ2) is 11.2. The first-order chi connectivity index (χ1) is 17.1. The molecule has 200 valence electrons. The second-order valence-corrected chi connectivity index (χ2v) is 12.0. The molecule has 0 unspecified atom stereocenters. The Morgan fingerprint density at radius 1 is 1.06 bits per heavy atom. The average molecular weight is 505 g/mol. The van der Waals surface area contributed by atoms with E-state index in [9.17, 15) is 23.5 Å². The fourth-order valence-electron chi connectivity index (χ4n) is 7.42. The highest BCUT2D eigenvalue weighted by atomic mass is 19.1. The summed E-state index contributed by atoms with van der Waals surface area (Å²) in [5.41, 5.74) is 0.346. The van der Waals surface area contributed by atoms with Gasteiger partial charge in [-0.3, -0.25) is 9.59 Å². The summed E-state index contributed by atoms with van der Waals surface area (Å²) in [5, 5.41) is 17.7. The van der Waals surface area contributed by atoms with Crippen molar-refractivity contribution in [2.75, 3.05) is 0 Å². The molecule has 5 nitrogen and oxygen atoms in total. The lowest BCUT2D eigenvalue weighted by atomic mass is 9.51. The minimum Gasteiger partial charge on any atom is -0.392 e. The lowest BCUT2D eigenvalue weighted by Gasteiger charge is -2.56. The third-order valence-corrected chi connectivity index (χ3v) is 9.64. The van der Waals surface area contributed by atoms with Crippen LogP contribution in [0.5, 0.6) is 0 Å². The van der Waals surface area contributed by atoms with Gasteiger partial charge >= 0.3 is 0 Å². The summed E-state index contributed by atoms with van der Waals surface area (Å²) in [4.78, 5) is 25.9. The minimum absolute atomic E-state index is 0.00535. The molecule has 0 heterocycles. The molecule has 0 saturated heterocycles. The van der Waals surface area contributed by atoms with Crippen molar-refractivity contribution in [2.24, 2.45) is 35.0 Å². The molecule has 0 aromatic heterocycles. The third kappa shape index (κ3) is 5.76. The number of fused-ring (bicyclic) bond motifs is 1. The van der Waals surface area contributed by atoms with Crippen LogP contribution >= 0.6 is 0 Å². The van der Waals surface area contributed by atoms with Gasteiger partial charge in [0.15, 0.2) is 0 Å². The van der Waals surface area contributed by atoms with E-state index >= 15 is 0 Å². The van der Waals surface area contributed by atoms with Crippen molar-refractivity contribution >= 4 is 11.8 Å². The molecule has 1 aromatic carbocycles. The number of rotatable bonds is 6. The topological polar surface area (TPSA) is 78.4 Å². The Kier molecular flexibility index (Phi) is 8.38. The maximum absolute atomic E-state index is 13.5. The van der Waals surface area contributed by atoms with Crippen LogP contribution in [0.4, 0.5) is 8.78 Å². The van der Waals surface area contributed by atoms with Gasteiger partial charge < -0.3 is 15.7 Å². The monoisotopic (exact) mass is 504 g/mol. The lowest BCUT2D eigenvalue weighted by molar-refractivity contribution is -0.144. The molecule has 0 aliphatic heterocycles. The molecular weight excluding hydrogens is 462 g/mol. The van der Waals surface area contributed by atoms with E-state index in [-0.39, 0.29) is 53.5 Å². The van der Waals surface area contributed by atoms with Gasteiger partial charge in [0, 0.05) is 30.5 Å². The Morgan fingerprint density at radius 3 is 2.36 bits per heavy atom. The predicted octanol–water partition coefficient (Wildman–Crippen LogP) is 5.11. The van der Waals surface area contributed by atoms with Crippen LogP contribution in [0.1, 0.15) is 84.1 Å². The van der Waals surface area contributed by atoms with Gasteiger partial charge in [0.05, 0.1) is 6.10 Å². The number of aliphatic hydroxyl groups is 1. The molecule has 0 bridgehead atoms. The quantitative estimate of drug-likeness (QED) is 0.504. The van der Waals surface area contributed by atoms with Gasteiger partial charge in [-0.25, -0.2) is 8.78 Å². The number of amides is 2. The summed E-state index contributed by atoms with van der Waals surface area (Å²) in [7, 11) is 0. The molecule has 1 aromatic rings. The summed E-state index contributed by atoms with van der Waals surface area (Å²) >= 11 is 0. The van der Waals surface area contributed by atoms with Crippen LogP contribution in [0.15, 0.2) is 18.2 Å². The fraction of sp³-hybridized carbons (Fsp3) is 0.724. The molecule has 0 radical (unpaired) electrons. The van der Waals surface area contributed by atoms with Crippen molar-refractivity contribution < 1.29 is 23.5 Å². The molecule has 3 fully saturated rings. The number of hydrogen-bond acceptors (Lipinski definition) is 3. The van der Waals surface area contributed by atoms with Crippen LogP contribution in [0.2, 0.25) is 0 Å². The zero-order chi connectivity index (χ0) is 26.0. The SMILES string of the molecule is C[C@H]1[C@@H]2[C@@H](O)[C@@H]([C@H](C)C(=O)NCc3cc(F)cc(F)c3)CC[C@@]2(C)CC[C@@H]1NC(=O)C1CCCCC1. The van der Waals surface area contributed by atoms with E-state index in [2.05, 4.69) is 24.5 Å². The van der Waals surface area contributed by atoms with E-state index in [1.807, 2.05) is 6.92 Å². The van der Waals surface area contributed by atoms with Gasteiger partial charge in [0.2, 0.25) is 11.8 Å². The van der Waals surface area contributed by atoms with Gasteiger partial charge in [-0.1, -0.05) is 40.0 Å². The van der Waals surface area contributed by atoms with Crippen LogP contribution in [0.25, 0.3) is 0 Å². The maximum Gasteiger partial charge on any atom is 0.223 e. The molecule has 3 saturated carbocycles. The van der Waals surface area contributed by atoms with Gasteiger partial charge in [0.25, 0.3) is 0 Å². The summed E-state index contributed by atoms with van der Waals surface area (Å²) < 4.78 is 27.0. The molecule has 7 atom stereocenters. The molecule has 7 heteroatoms. The van der Waals surface area contributed by atoms with Crippen LogP contribution in [-0.2, 0) is 16.1 Å². The molecule has 3 N–H and O–H groups in total. The van der Waals surface area contributed by atoms with Crippen molar-refractivity contribution in [3.63, 3.8) is 0 Å². The standard InChI is InChI=1S/C29H42F2N2O3/c1-17(27(35)32-16-19-13-21(30)15-22(31)14-19)23-9-11-29(3)12-10-24(18(2)25(29)26(23)34)33-28(36)20-7-5-4-6-8-20/h13-15,17-18,20,23-26,34H,4-12,16H2,1-3H3,(H,32,35)(H,33,36)/t17-,18+,23+,24-,25+,26-,29-/m0/s1. The first kappa shape index (κ1) is 27.0. The first-order valence-corrected chi connectivity index (χ1v) is 13.8. The van der Waals surface area contributed by atoms with E-state index < -0.39 is 23.7 Å². The number of carbonyl (C=O) groups is 2. The Bertz CT molecular complexity index is 930. The zero-order valence-electron chi connectivity index (χ0n) is 21.9. The minimum atomic E-state index is -0.675. The Hall–Kier alpha value is -2.02. The average Bonchev–Trinajstić information content (AvgIpc) is 2.84. The van der Waals surface area contributed by atoms with Gasteiger partial charge in [-0.2, -0.15) is 0 Å². The highest BCUT2D eigenvalue weighted by Crippen LogP contribution is 2.55. The van der Waals surface area contributed by atoms with Crippen molar-refractivity contribution in [1.29, 1.82) is 0 Å². The number of hydrogen-bond donors (Lipinski definition) is 3. The van der Waals surface area contributed by atoms with Crippen LogP contribution in [0.3, 0.4) is 0 Å². The van der Waals surface area contributed by atoms with Crippen molar-refractivity contribution in [3.05, 3.63) is 35.4 Å². The Labute approximate surface area is 213 Å². The van der Waals surface area contributed by atoms with Crippen molar-refractivity contribution in [3.8, 4) is 0 Å². The smallest absolute Gasteiger partial charge is 0.223 e. The lowest BCUT2D eigenvalue weighted by Crippen LogP contribution is -2.59. The van der Waals surface area contributed by atoms with Gasteiger partial charge in [-0.15, -0.1) is 0 Å². The van der Waals surface area contributed by atoms with Crippen molar-refractivity contribution in [1.82, 2.24) is 10.6 Å². The number of halogens is 2. The van der Waals surface area contributed by atoms with E-state index in [4.69, 9.17) is 0 Å². The van der Waals surface area contributed by atoms with E-state index in [1.165, 1.54) is 18.6 Å². The second-order valence-electron chi connectivity index (χ2n) is 12.0.